The lowest BCUT2D eigenvalue weighted by atomic mass is 10.2. The van der Waals surface area contributed by atoms with Gasteiger partial charge in [0, 0.05) is 13.1 Å². The van der Waals surface area contributed by atoms with Crippen molar-refractivity contribution in [2.24, 2.45) is 0 Å². The summed E-state index contributed by atoms with van der Waals surface area (Å²) in [7, 11) is 0. The van der Waals surface area contributed by atoms with Gasteiger partial charge in [-0.3, -0.25) is 4.79 Å². The lowest BCUT2D eigenvalue weighted by Gasteiger charge is -2.12. The van der Waals surface area contributed by atoms with E-state index in [9.17, 15) is 9.18 Å². The molecular weight excluding hydrogens is 287 g/mol. The van der Waals surface area contributed by atoms with E-state index in [0.717, 1.165) is 25.9 Å². The van der Waals surface area contributed by atoms with Crippen LogP contribution in [0, 0.1) is 17.7 Å². The number of thiazole rings is 1. The maximum atomic E-state index is 13.4. The molecule has 0 unspecified atom stereocenters. The summed E-state index contributed by atoms with van der Waals surface area (Å²) in [6.45, 7) is 1.62. The molecule has 2 aromatic rings. The maximum Gasteiger partial charge on any atom is 0.265 e. The Kier molecular flexibility index (Phi) is 3.98. The Morgan fingerprint density at radius 1 is 1.24 bits per heavy atom. The zero-order chi connectivity index (χ0) is 14.7. The SMILES string of the molecule is O=C(c1cnc(C#Cc2ccccc2F)s1)N1CCCC1. The van der Waals surface area contributed by atoms with Gasteiger partial charge in [0.1, 0.15) is 10.7 Å². The molecule has 1 aliphatic rings. The molecule has 3 rings (SSSR count). The van der Waals surface area contributed by atoms with Crippen LogP contribution in [0.25, 0.3) is 0 Å². The molecule has 1 aromatic carbocycles. The van der Waals surface area contributed by atoms with Gasteiger partial charge in [-0.05, 0) is 30.9 Å². The molecule has 0 aliphatic carbocycles. The van der Waals surface area contributed by atoms with E-state index in [1.54, 1.807) is 24.4 Å². The maximum absolute atomic E-state index is 13.4. The van der Waals surface area contributed by atoms with Crippen LogP contribution in [0.2, 0.25) is 0 Å². The number of likely N-dealkylation sites (tertiary alicyclic amines) is 1. The third kappa shape index (κ3) is 3.11. The van der Waals surface area contributed by atoms with Crippen LogP contribution in [0.15, 0.2) is 30.5 Å². The first-order chi connectivity index (χ1) is 10.2. The number of halogens is 1. The van der Waals surface area contributed by atoms with Crippen molar-refractivity contribution in [3.05, 3.63) is 51.7 Å². The predicted molar refractivity (Wildman–Crippen MR) is 79.6 cm³/mol. The van der Waals surface area contributed by atoms with Crippen molar-refractivity contribution in [3.63, 3.8) is 0 Å². The first-order valence-corrected chi connectivity index (χ1v) is 7.57. The molecule has 106 valence electrons. The van der Waals surface area contributed by atoms with Crippen molar-refractivity contribution in [3.8, 4) is 11.8 Å². The Bertz CT molecular complexity index is 723. The third-order valence-corrected chi connectivity index (χ3v) is 4.19. The third-order valence-electron chi connectivity index (χ3n) is 3.29. The standard InChI is InChI=1S/C16H13FN2OS/c17-13-6-2-1-5-12(13)7-8-15-18-11-14(21-15)16(20)19-9-3-4-10-19/h1-2,5-6,11H,3-4,9-10H2. The summed E-state index contributed by atoms with van der Waals surface area (Å²) < 4.78 is 13.4. The Hall–Kier alpha value is -2.19. The van der Waals surface area contributed by atoms with Gasteiger partial charge >= 0.3 is 0 Å². The van der Waals surface area contributed by atoms with E-state index in [1.807, 2.05) is 4.90 Å². The zero-order valence-corrected chi connectivity index (χ0v) is 12.1. The number of hydrogen-bond donors (Lipinski definition) is 0. The average Bonchev–Trinajstić information content (AvgIpc) is 3.17. The van der Waals surface area contributed by atoms with E-state index in [0.29, 0.717) is 15.4 Å². The number of carbonyl (C=O) groups excluding carboxylic acids is 1. The number of aromatic nitrogens is 1. The second-order valence-corrected chi connectivity index (χ2v) is 5.79. The van der Waals surface area contributed by atoms with E-state index in [4.69, 9.17) is 0 Å². The molecule has 0 spiro atoms. The van der Waals surface area contributed by atoms with Crippen molar-refractivity contribution in [1.82, 2.24) is 9.88 Å². The fraction of sp³-hybridized carbons (Fsp3) is 0.250. The van der Waals surface area contributed by atoms with Gasteiger partial charge in [0.15, 0.2) is 5.01 Å². The van der Waals surface area contributed by atoms with Crippen molar-refractivity contribution in [2.45, 2.75) is 12.8 Å². The van der Waals surface area contributed by atoms with E-state index in [2.05, 4.69) is 16.8 Å². The highest BCUT2D eigenvalue weighted by molar-refractivity contribution is 7.14. The molecule has 5 heteroatoms. The number of benzene rings is 1. The van der Waals surface area contributed by atoms with Crippen LogP contribution in [0.5, 0.6) is 0 Å². The van der Waals surface area contributed by atoms with Crippen LogP contribution in [0.4, 0.5) is 4.39 Å². The Labute approximate surface area is 126 Å². The number of hydrogen-bond acceptors (Lipinski definition) is 3. The normalized spacial score (nSPS) is 13.9. The Balaban J connectivity index is 1.77. The molecule has 2 heterocycles. The smallest absolute Gasteiger partial charge is 0.265 e. The molecular formula is C16H13FN2OS. The summed E-state index contributed by atoms with van der Waals surface area (Å²) in [5.41, 5.74) is 0.333. The van der Waals surface area contributed by atoms with Gasteiger partial charge in [-0.1, -0.05) is 18.1 Å². The number of rotatable bonds is 1. The van der Waals surface area contributed by atoms with Gasteiger partial charge in [0.25, 0.3) is 5.91 Å². The topological polar surface area (TPSA) is 33.2 Å². The highest BCUT2D eigenvalue weighted by Gasteiger charge is 2.21. The minimum atomic E-state index is -0.352. The summed E-state index contributed by atoms with van der Waals surface area (Å²) in [4.78, 5) is 18.7. The second-order valence-electron chi connectivity index (χ2n) is 4.76. The van der Waals surface area contributed by atoms with Crippen LogP contribution in [0.1, 0.15) is 33.1 Å². The molecule has 0 atom stereocenters. The van der Waals surface area contributed by atoms with Gasteiger partial charge in [-0.25, -0.2) is 9.37 Å². The lowest BCUT2D eigenvalue weighted by molar-refractivity contribution is 0.0797. The van der Waals surface area contributed by atoms with Crippen LogP contribution in [0.3, 0.4) is 0 Å². The predicted octanol–water partition coefficient (Wildman–Crippen LogP) is 2.92. The van der Waals surface area contributed by atoms with E-state index >= 15 is 0 Å². The van der Waals surface area contributed by atoms with Crippen LogP contribution >= 0.6 is 11.3 Å². The average molecular weight is 300 g/mol. The van der Waals surface area contributed by atoms with Crippen LogP contribution in [-0.4, -0.2) is 28.9 Å². The molecule has 3 nitrogen and oxygen atoms in total. The fourth-order valence-electron chi connectivity index (χ4n) is 2.19. The molecule has 0 radical (unpaired) electrons. The molecule has 0 N–H and O–H groups in total. The molecule has 1 aliphatic heterocycles. The van der Waals surface area contributed by atoms with Crippen molar-refractivity contribution in [1.29, 1.82) is 0 Å². The van der Waals surface area contributed by atoms with Crippen molar-refractivity contribution < 1.29 is 9.18 Å². The van der Waals surface area contributed by atoms with E-state index in [1.165, 1.54) is 17.4 Å². The molecule has 1 saturated heterocycles. The lowest BCUT2D eigenvalue weighted by Crippen LogP contribution is -2.26. The van der Waals surface area contributed by atoms with Gasteiger partial charge in [0.05, 0.1) is 11.8 Å². The number of nitrogens with zero attached hydrogens (tertiary/aromatic N) is 2. The summed E-state index contributed by atoms with van der Waals surface area (Å²) in [6, 6.07) is 6.34. The number of amides is 1. The molecule has 21 heavy (non-hydrogen) atoms. The minimum Gasteiger partial charge on any atom is -0.338 e. The quantitative estimate of drug-likeness (QED) is 0.759. The molecule has 0 bridgehead atoms. The largest absolute Gasteiger partial charge is 0.338 e. The minimum absolute atomic E-state index is 0.0175. The molecule has 0 saturated carbocycles. The van der Waals surface area contributed by atoms with E-state index < -0.39 is 0 Å². The first kappa shape index (κ1) is 13.8. The number of carbonyl (C=O) groups is 1. The van der Waals surface area contributed by atoms with E-state index in [-0.39, 0.29) is 11.7 Å². The monoisotopic (exact) mass is 300 g/mol. The van der Waals surface area contributed by atoms with Crippen LogP contribution in [-0.2, 0) is 0 Å². The van der Waals surface area contributed by atoms with Crippen molar-refractivity contribution in [2.75, 3.05) is 13.1 Å². The second kappa shape index (κ2) is 6.06. The first-order valence-electron chi connectivity index (χ1n) is 6.76. The summed E-state index contributed by atoms with van der Waals surface area (Å²) in [6.07, 6.45) is 3.67. The summed E-state index contributed by atoms with van der Waals surface area (Å²) in [5, 5.41) is 0.529. The van der Waals surface area contributed by atoms with Crippen molar-refractivity contribution >= 4 is 17.2 Å². The van der Waals surface area contributed by atoms with Gasteiger partial charge < -0.3 is 4.90 Å². The highest BCUT2D eigenvalue weighted by Crippen LogP contribution is 2.18. The molecule has 1 aromatic heterocycles. The Morgan fingerprint density at radius 2 is 2.00 bits per heavy atom. The van der Waals surface area contributed by atoms with Gasteiger partial charge in [-0.2, -0.15) is 0 Å². The highest BCUT2D eigenvalue weighted by atomic mass is 32.1. The summed E-state index contributed by atoms with van der Waals surface area (Å²) >= 11 is 1.25. The fourth-order valence-corrected chi connectivity index (χ4v) is 2.93. The van der Waals surface area contributed by atoms with Crippen LogP contribution < -0.4 is 0 Å². The summed E-state index contributed by atoms with van der Waals surface area (Å²) in [5.74, 6) is 5.23. The molecule has 1 amide bonds. The van der Waals surface area contributed by atoms with Gasteiger partial charge in [0.2, 0.25) is 0 Å². The zero-order valence-electron chi connectivity index (χ0n) is 11.3. The Morgan fingerprint density at radius 3 is 2.76 bits per heavy atom. The molecule has 1 fully saturated rings. The van der Waals surface area contributed by atoms with Gasteiger partial charge in [-0.15, -0.1) is 11.3 Å².